The summed E-state index contributed by atoms with van der Waals surface area (Å²) in [6.07, 6.45) is 0. The van der Waals surface area contributed by atoms with Crippen molar-refractivity contribution in [2.45, 2.75) is 20.8 Å². The van der Waals surface area contributed by atoms with E-state index < -0.39 is 57.2 Å². The zero-order valence-corrected chi connectivity index (χ0v) is 13.8. The van der Waals surface area contributed by atoms with Gasteiger partial charge < -0.3 is 9.47 Å². The van der Waals surface area contributed by atoms with Gasteiger partial charge in [-0.2, -0.15) is 0 Å². The molecule has 1 aromatic carbocycles. The Hall–Kier alpha value is -2.09. The van der Waals surface area contributed by atoms with Crippen LogP contribution in [0.25, 0.3) is 0 Å². The number of esters is 2. The van der Waals surface area contributed by atoms with E-state index in [2.05, 4.69) is 9.47 Å². The first-order valence-corrected chi connectivity index (χ1v) is 7.26. The maximum Gasteiger partial charge on any atom is 0.328 e. The molecule has 0 spiro atoms. The molecule has 0 N–H and O–H groups in total. The molecule has 0 bridgehead atoms. The van der Waals surface area contributed by atoms with Gasteiger partial charge in [-0.15, -0.1) is 0 Å². The van der Waals surface area contributed by atoms with E-state index in [4.69, 9.17) is 11.6 Å². The second-order valence-electron chi connectivity index (χ2n) is 4.56. The Morgan fingerprint density at radius 2 is 1.42 bits per heavy atom. The van der Waals surface area contributed by atoms with Crippen LogP contribution in [-0.2, 0) is 19.1 Å². The highest BCUT2D eigenvalue weighted by Gasteiger charge is 2.40. The summed E-state index contributed by atoms with van der Waals surface area (Å²) in [5.74, 6) is -11.0. The van der Waals surface area contributed by atoms with Crippen molar-refractivity contribution in [3.63, 3.8) is 0 Å². The maximum atomic E-state index is 14.1. The third kappa shape index (κ3) is 3.69. The molecule has 0 saturated heterocycles. The van der Waals surface area contributed by atoms with Gasteiger partial charge in [-0.1, -0.05) is 11.6 Å². The molecule has 1 aromatic rings. The highest BCUT2D eigenvalue weighted by atomic mass is 35.5. The second kappa shape index (κ2) is 8.14. The Morgan fingerprint density at radius 1 is 0.958 bits per heavy atom. The Labute approximate surface area is 140 Å². The first kappa shape index (κ1) is 20.0. The number of carbonyl (C=O) groups excluding carboxylic acids is 3. The monoisotopic (exact) mass is 366 g/mol. The van der Waals surface area contributed by atoms with Gasteiger partial charge in [0, 0.05) is 5.56 Å². The Morgan fingerprint density at radius 3 is 1.83 bits per heavy atom. The zero-order valence-electron chi connectivity index (χ0n) is 13.0. The van der Waals surface area contributed by atoms with Crippen LogP contribution >= 0.6 is 11.6 Å². The van der Waals surface area contributed by atoms with Gasteiger partial charge in [-0.05, 0) is 20.8 Å². The van der Waals surface area contributed by atoms with Gasteiger partial charge in [-0.25, -0.2) is 13.2 Å². The minimum atomic E-state index is -2.17. The molecule has 9 heteroatoms. The van der Waals surface area contributed by atoms with Crippen molar-refractivity contribution in [3.05, 3.63) is 33.6 Å². The van der Waals surface area contributed by atoms with Crippen LogP contribution in [0.5, 0.6) is 0 Å². The molecule has 0 saturated carbocycles. The minimum Gasteiger partial charge on any atom is -0.465 e. The smallest absolute Gasteiger partial charge is 0.328 e. The predicted octanol–water partition coefficient (Wildman–Crippen LogP) is 2.99. The van der Waals surface area contributed by atoms with Crippen LogP contribution in [0.4, 0.5) is 13.2 Å². The molecule has 1 rings (SSSR count). The lowest BCUT2D eigenvalue weighted by Crippen LogP contribution is -2.36. The van der Waals surface area contributed by atoms with Gasteiger partial charge in [-0.3, -0.25) is 14.4 Å². The number of ether oxygens (including phenoxy) is 2. The van der Waals surface area contributed by atoms with Crippen LogP contribution in [0.3, 0.4) is 0 Å². The lowest BCUT2D eigenvalue weighted by molar-refractivity contribution is -0.158. The summed E-state index contributed by atoms with van der Waals surface area (Å²) in [6, 6.07) is 0. The van der Waals surface area contributed by atoms with Crippen LogP contribution < -0.4 is 0 Å². The van der Waals surface area contributed by atoms with E-state index >= 15 is 0 Å². The highest BCUT2D eigenvalue weighted by molar-refractivity contribution is 6.32. The molecule has 5 nitrogen and oxygen atoms in total. The van der Waals surface area contributed by atoms with E-state index in [1.54, 1.807) is 0 Å². The number of Topliss-reactive ketones (excluding diaryl/α,β-unsaturated/α-hetero) is 1. The molecule has 0 aliphatic rings. The third-order valence-corrected chi connectivity index (χ3v) is 3.39. The molecule has 0 aliphatic heterocycles. The summed E-state index contributed by atoms with van der Waals surface area (Å²) in [7, 11) is 0. The number of rotatable bonds is 6. The molecule has 0 unspecified atom stereocenters. The van der Waals surface area contributed by atoms with Gasteiger partial charge in [0.1, 0.15) is 5.02 Å². The SMILES string of the molecule is CCOC(=O)C(C(=O)OCC)C(=O)c1c(C)c(F)c(F)c(Cl)c1F. The number of ketones is 1. The Bertz CT molecular complexity index is 643. The van der Waals surface area contributed by atoms with E-state index in [9.17, 15) is 27.6 Å². The number of halogens is 4. The van der Waals surface area contributed by atoms with Crippen LogP contribution in [-0.4, -0.2) is 30.9 Å². The van der Waals surface area contributed by atoms with E-state index in [0.29, 0.717) is 0 Å². The van der Waals surface area contributed by atoms with Crippen LogP contribution in [0.2, 0.25) is 5.02 Å². The molecule has 0 aliphatic carbocycles. The summed E-state index contributed by atoms with van der Waals surface area (Å²) < 4.78 is 50.5. The van der Waals surface area contributed by atoms with Crippen LogP contribution in [0, 0.1) is 30.3 Å². The molecule has 24 heavy (non-hydrogen) atoms. The Kier molecular flexibility index (Phi) is 6.77. The number of benzene rings is 1. The topological polar surface area (TPSA) is 69.7 Å². The van der Waals surface area contributed by atoms with Gasteiger partial charge in [0.15, 0.2) is 23.2 Å². The summed E-state index contributed by atoms with van der Waals surface area (Å²) in [4.78, 5) is 36.2. The largest absolute Gasteiger partial charge is 0.465 e. The summed E-state index contributed by atoms with van der Waals surface area (Å²) in [6.45, 7) is 3.43. The van der Waals surface area contributed by atoms with Gasteiger partial charge >= 0.3 is 11.9 Å². The molecular formula is C15H14ClF3O5. The maximum absolute atomic E-state index is 14.1. The standard InChI is InChI=1S/C15H14ClF3O5/c1-4-23-14(21)8(15(22)24-5-2)13(20)7-6(3)10(17)12(19)9(16)11(7)18/h8H,4-5H2,1-3H3. The molecule has 0 amide bonds. The van der Waals surface area contributed by atoms with E-state index in [0.717, 1.165) is 6.92 Å². The van der Waals surface area contributed by atoms with Crippen molar-refractivity contribution in [1.82, 2.24) is 0 Å². The average Bonchev–Trinajstić information content (AvgIpc) is 2.52. The number of hydrogen-bond donors (Lipinski definition) is 0. The normalized spacial score (nSPS) is 10.7. The van der Waals surface area contributed by atoms with E-state index in [-0.39, 0.29) is 13.2 Å². The second-order valence-corrected chi connectivity index (χ2v) is 4.94. The number of hydrogen-bond acceptors (Lipinski definition) is 5. The van der Waals surface area contributed by atoms with E-state index in [1.807, 2.05) is 0 Å². The summed E-state index contributed by atoms with van der Waals surface area (Å²) >= 11 is 5.32. The first-order valence-electron chi connectivity index (χ1n) is 6.88. The fourth-order valence-corrected chi connectivity index (χ4v) is 2.12. The highest BCUT2D eigenvalue weighted by Crippen LogP contribution is 2.30. The van der Waals surface area contributed by atoms with Crippen molar-refractivity contribution in [2.75, 3.05) is 13.2 Å². The summed E-state index contributed by atoms with van der Waals surface area (Å²) in [5.41, 5.74) is -1.73. The van der Waals surface area contributed by atoms with E-state index in [1.165, 1.54) is 13.8 Å². The molecular weight excluding hydrogens is 353 g/mol. The molecule has 0 fully saturated rings. The van der Waals surface area contributed by atoms with Crippen LogP contribution in [0.1, 0.15) is 29.8 Å². The van der Waals surface area contributed by atoms with Crippen molar-refractivity contribution >= 4 is 29.3 Å². The molecule has 0 atom stereocenters. The van der Waals surface area contributed by atoms with Gasteiger partial charge in [0.05, 0.1) is 18.8 Å². The first-order chi connectivity index (χ1) is 11.2. The van der Waals surface area contributed by atoms with Crippen molar-refractivity contribution in [1.29, 1.82) is 0 Å². The fourth-order valence-electron chi connectivity index (χ4n) is 1.94. The number of carbonyl (C=O) groups is 3. The fraction of sp³-hybridized carbons (Fsp3) is 0.400. The van der Waals surface area contributed by atoms with Gasteiger partial charge in [0.2, 0.25) is 5.92 Å². The van der Waals surface area contributed by atoms with Crippen molar-refractivity contribution < 1.29 is 37.0 Å². The minimum absolute atomic E-state index is 0.165. The van der Waals surface area contributed by atoms with Crippen molar-refractivity contribution in [2.24, 2.45) is 5.92 Å². The zero-order chi connectivity index (χ0) is 18.6. The molecule has 0 radical (unpaired) electrons. The molecule has 0 heterocycles. The van der Waals surface area contributed by atoms with Crippen molar-refractivity contribution in [3.8, 4) is 0 Å². The lowest BCUT2D eigenvalue weighted by Gasteiger charge is -2.16. The lowest BCUT2D eigenvalue weighted by atomic mass is 9.93. The predicted molar refractivity (Wildman–Crippen MR) is 77.1 cm³/mol. The molecule has 0 aromatic heterocycles. The Balaban J connectivity index is 3.49. The van der Waals surface area contributed by atoms with Crippen LogP contribution in [0.15, 0.2) is 0 Å². The third-order valence-electron chi connectivity index (χ3n) is 3.06. The average molecular weight is 367 g/mol. The quantitative estimate of drug-likeness (QED) is 0.254. The van der Waals surface area contributed by atoms with Gasteiger partial charge in [0.25, 0.3) is 0 Å². The summed E-state index contributed by atoms with van der Waals surface area (Å²) in [5, 5.41) is -1.26. The molecule has 132 valence electrons.